The normalized spacial score (nSPS) is 11.1. The minimum Gasteiger partial charge on any atom is -0.452 e. The van der Waals surface area contributed by atoms with Gasteiger partial charge >= 0.3 is 6.09 Å². The molecule has 0 atom stereocenters. The van der Waals surface area contributed by atoms with E-state index in [2.05, 4.69) is 26.3 Å². The minimum atomic E-state index is -0.583. The van der Waals surface area contributed by atoms with Crippen LogP contribution in [0.15, 0.2) is 23.3 Å². The van der Waals surface area contributed by atoms with Gasteiger partial charge in [-0.1, -0.05) is 11.6 Å². The number of aryl methyl sites for hydroxylation is 2. The molecule has 1 aromatic carbocycles. The van der Waals surface area contributed by atoms with Gasteiger partial charge in [0, 0.05) is 22.2 Å². The van der Waals surface area contributed by atoms with Gasteiger partial charge in [-0.2, -0.15) is 5.10 Å². The number of rotatable bonds is 2. The molecule has 94 valence electrons. The van der Waals surface area contributed by atoms with Crippen molar-refractivity contribution in [1.29, 1.82) is 0 Å². The van der Waals surface area contributed by atoms with Crippen LogP contribution in [0.25, 0.3) is 10.9 Å². The minimum absolute atomic E-state index is 0.583. The molecular formula is C13H15N3O2. The predicted molar refractivity (Wildman–Crippen MR) is 70.9 cm³/mol. The lowest BCUT2D eigenvalue weighted by Gasteiger charge is -1.97. The zero-order valence-electron chi connectivity index (χ0n) is 10.6. The van der Waals surface area contributed by atoms with Gasteiger partial charge in [-0.15, -0.1) is 0 Å². The Kier molecular flexibility index (Phi) is 3.32. The highest BCUT2D eigenvalue weighted by Gasteiger charge is 2.06. The predicted octanol–water partition coefficient (Wildman–Crippen LogP) is 2.47. The van der Waals surface area contributed by atoms with E-state index in [1.807, 2.05) is 26.0 Å². The maximum atomic E-state index is 10.9. The van der Waals surface area contributed by atoms with Gasteiger partial charge in [-0.25, -0.2) is 10.2 Å². The third-order valence-electron chi connectivity index (χ3n) is 2.73. The van der Waals surface area contributed by atoms with E-state index in [0.717, 1.165) is 22.2 Å². The molecule has 0 fully saturated rings. The number of carbonyl (C=O) groups excluding carboxylic acids is 1. The molecule has 0 unspecified atom stereocenters. The summed E-state index contributed by atoms with van der Waals surface area (Å²) in [6.07, 6.45) is 1.03. The van der Waals surface area contributed by atoms with Crippen LogP contribution in [0.4, 0.5) is 4.79 Å². The number of methoxy groups -OCH3 is 1. The van der Waals surface area contributed by atoms with Gasteiger partial charge in [0.2, 0.25) is 0 Å². The van der Waals surface area contributed by atoms with Gasteiger partial charge in [-0.3, -0.25) is 0 Å². The lowest BCUT2D eigenvalue weighted by Crippen LogP contribution is -2.16. The number of hydrogen-bond donors (Lipinski definition) is 2. The number of nitrogens with zero attached hydrogens (tertiary/aromatic N) is 1. The zero-order valence-corrected chi connectivity index (χ0v) is 10.6. The molecule has 0 aliphatic carbocycles. The number of aromatic nitrogens is 1. The fourth-order valence-corrected chi connectivity index (χ4v) is 1.82. The van der Waals surface area contributed by atoms with Gasteiger partial charge in [0.15, 0.2) is 0 Å². The van der Waals surface area contributed by atoms with Crippen molar-refractivity contribution in [2.24, 2.45) is 5.10 Å². The molecule has 1 heterocycles. The van der Waals surface area contributed by atoms with Crippen LogP contribution in [0.2, 0.25) is 0 Å². The van der Waals surface area contributed by atoms with Crippen molar-refractivity contribution in [2.45, 2.75) is 13.8 Å². The summed E-state index contributed by atoms with van der Waals surface area (Å²) < 4.78 is 4.43. The Morgan fingerprint density at radius 2 is 2.22 bits per heavy atom. The highest BCUT2D eigenvalue weighted by molar-refractivity contribution is 6.01. The summed E-state index contributed by atoms with van der Waals surface area (Å²) in [6.45, 7) is 4.00. The van der Waals surface area contributed by atoms with Crippen LogP contribution in [0.1, 0.15) is 16.8 Å². The highest BCUT2D eigenvalue weighted by atomic mass is 16.5. The average molecular weight is 245 g/mol. The van der Waals surface area contributed by atoms with Crippen molar-refractivity contribution < 1.29 is 9.53 Å². The van der Waals surface area contributed by atoms with Crippen LogP contribution < -0.4 is 5.43 Å². The smallest absolute Gasteiger partial charge is 0.427 e. The zero-order chi connectivity index (χ0) is 13.1. The van der Waals surface area contributed by atoms with Gasteiger partial charge in [0.05, 0.1) is 13.3 Å². The van der Waals surface area contributed by atoms with E-state index in [-0.39, 0.29) is 0 Å². The molecule has 0 saturated heterocycles. The Hall–Kier alpha value is -2.30. The summed E-state index contributed by atoms with van der Waals surface area (Å²) in [7, 11) is 1.30. The van der Waals surface area contributed by atoms with E-state index in [9.17, 15) is 4.79 Å². The summed E-state index contributed by atoms with van der Waals surface area (Å²) in [5.74, 6) is 0. The fraction of sp³-hybridized carbons (Fsp3) is 0.231. The molecule has 2 aromatic rings. The van der Waals surface area contributed by atoms with E-state index in [1.165, 1.54) is 12.7 Å². The topological polar surface area (TPSA) is 66.5 Å². The molecule has 0 bridgehead atoms. The first-order valence-corrected chi connectivity index (χ1v) is 5.58. The number of amides is 1. The van der Waals surface area contributed by atoms with E-state index >= 15 is 0 Å². The summed E-state index contributed by atoms with van der Waals surface area (Å²) in [4.78, 5) is 14.2. The number of carbonyl (C=O) groups is 1. The Balaban J connectivity index is 2.35. The van der Waals surface area contributed by atoms with Crippen LogP contribution in [0, 0.1) is 13.8 Å². The first-order valence-electron chi connectivity index (χ1n) is 5.58. The number of nitrogens with one attached hydrogen (secondary N) is 2. The number of benzene rings is 1. The highest BCUT2D eigenvalue weighted by Crippen LogP contribution is 2.21. The number of ether oxygens (including phenoxy) is 1. The molecule has 1 aromatic heterocycles. The van der Waals surface area contributed by atoms with Crippen molar-refractivity contribution in [3.8, 4) is 0 Å². The summed E-state index contributed by atoms with van der Waals surface area (Å²) in [5, 5.41) is 4.94. The summed E-state index contributed by atoms with van der Waals surface area (Å²) >= 11 is 0. The van der Waals surface area contributed by atoms with E-state index in [1.54, 1.807) is 6.21 Å². The Morgan fingerprint density at radius 3 is 2.94 bits per heavy atom. The van der Waals surface area contributed by atoms with Crippen LogP contribution in [0.5, 0.6) is 0 Å². The molecule has 2 rings (SSSR count). The lowest BCUT2D eigenvalue weighted by molar-refractivity contribution is 0.171. The molecule has 5 nitrogen and oxygen atoms in total. The number of aromatic amines is 1. The lowest BCUT2D eigenvalue weighted by atomic mass is 10.1. The Morgan fingerprint density at radius 1 is 1.44 bits per heavy atom. The first kappa shape index (κ1) is 12.2. The van der Waals surface area contributed by atoms with Crippen LogP contribution >= 0.6 is 0 Å². The van der Waals surface area contributed by atoms with Crippen molar-refractivity contribution in [1.82, 2.24) is 10.4 Å². The summed E-state index contributed by atoms with van der Waals surface area (Å²) in [5.41, 5.74) is 6.47. The second-order valence-corrected chi connectivity index (χ2v) is 4.07. The van der Waals surface area contributed by atoms with Gasteiger partial charge in [0.1, 0.15) is 0 Å². The van der Waals surface area contributed by atoms with Crippen molar-refractivity contribution in [3.05, 3.63) is 35.0 Å². The molecule has 5 heteroatoms. The second kappa shape index (κ2) is 4.91. The molecule has 0 aliphatic heterocycles. The Bertz CT molecular complexity index is 614. The van der Waals surface area contributed by atoms with Crippen molar-refractivity contribution in [3.63, 3.8) is 0 Å². The average Bonchev–Trinajstić information content (AvgIpc) is 2.65. The van der Waals surface area contributed by atoms with Crippen molar-refractivity contribution in [2.75, 3.05) is 7.11 Å². The first-order chi connectivity index (χ1) is 8.61. The summed E-state index contributed by atoms with van der Waals surface area (Å²) in [6, 6.07) is 6.16. The standard InChI is InChI=1S/C13H15N3O2/c1-8-4-5-12-10(6-8)11(9(2)15-12)7-14-16-13(17)18-3/h4-7,15H,1-3H3,(H,16,17)/b14-7-. The van der Waals surface area contributed by atoms with Gasteiger partial charge in [-0.05, 0) is 26.0 Å². The van der Waals surface area contributed by atoms with Gasteiger partial charge in [0.25, 0.3) is 0 Å². The third-order valence-corrected chi connectivity index (χ3v) is 2.73. The molecule has 1 amide bonds. The number of H-pyrrole nitrogens is 1. The monoisotopic (exact) mass is 245 g/mol. The molecule has 0 radical (unpaired) electrons. The van der Waals surface area contributed by atoms with E-state index in [4.69, 9.17) is 0 Å². The molecule has 2 N–H and O–H groups in total. The molecule has 0 spiro atoms. The number of hydrazone groups is 1. The molecule has 18 heavy (non-hydrogen) atoms. The molecular weight excluding hydrogens is 230 g/mol. The SMILES string of the molecule is COC(=O)N/N=C\c1c(C)[nH]c2ccc(C)cc12. The van der Waals surface area contributed by atoms with Gasteiger partial charge < -0.3 is 9.72 Å². The molecule has 0 aliphatic rings. The fourth-order valence-electron chi connectivity index (χ4n) is 1.82. The maximum Gasteiger partial charge on any atom is 0.427 e. The number of fused-ring (bicyclic) bond motifs is 1. The Labute approximate surface area is 105 Å². The second-order valence-electron chi connectivity index (χ2n) is 4.07. The van der Waals surface area contributed by atoms with Crippen LogP contribution in [-0.4, -0.2) is 24.4 Å². The van der Waals surface area contributed by atoms with E-state index < -0.39 is 6.09 Å². The maximum absolute atomic E-state index is 10.9. The van der Waals surface area contributed by atoms with E-state index in [0.29, 0.717) is 0 Å². The van der Waals surface area contributed by atoms with Crippen LogP contribution in [0.3, 0.4) is 0 Å². The molecule has 0 saturated carbocycles. The van der Waals surface area contributed by atoms with Crippen molar-refractivity contribution >= 4 is 23.2 Å². The quantitative estimate of drug-likeness (QED) is 0.630. The third kappa shape index (κ3) is 2.34. The van der Waals surface area contributed by atoms with Crippen LogP contribution in [-0.2, 0) is 4.74 Å². The number of hydrogen-bond acceptors (Lipinski definition) is 3. The largest absolute Gasteiger partial charge is 0.452 e.